The van der Waals surface area contributed by atoms with Crippen molar-refractivity contribution in [2.45, 2.75) is 32.6 Å². The highest BCUT2D eigenvalue weighted by atomic mass is 19.2. The van der Waals surface area contributed by atoms with Gasteiger partial charge in [0.05, 0.1) is 11.1 Å². The van der Waals surface area contributed by atoms with E-state index in [1.165, 1.54) is 30.3 Å². The number of halogens is 5. The van der Waals surface area contributed by atoms with Crippen LogP contribution in [-0.4, -0.2) is 0 Å². The Bertz CT molecular complexity index is 1540. The van der Waals surface area contributed by atoms with Crippen LogP contribution in [0.2, 0.25) is 0 Å². The second kappa shape index (κ2) is 11.1. The smallest absolute Gasteiger partial charge is 0.166 e. The second-order valence-electron chi connectivity index (χ2n) is 8.38. The van der Waals surface area contributed by atoms with Crippen molar-refractivity contribution in [3.63, 3.8) is 0 Å². The summed E-state index contributed by atoms with van der Waals surface area (Å²) < 4.78 is 70.8. The van der Waals surface area contributed by atoms with E-state index in [9.17, 15) is 22.0 Å². The number of hydrogen-bond donors (Lipinski definition) is 0. The van der Waals surface area contributed by atoms with Crippen LogP contribution in [0.4, 0.5) is 22.0 Å². The molecule has 4 rings (SSSR count). The van der Waals surface area contributed by atoms with Gasteiger partial charge in [0.15, 0.2) is 11.6 Å². The summed E-state index contributed by atoms with van der Waals surface area (Å²) in [5.41, 5.74) is 1.00. The van der Waals surface area contributed by atoms with Crippen LogP contribution >= 0.6 is 0 Å². The standard InChI is InChI=1S/C31H21F5/c1-2-3-4-5-20-6-10-23(28(33)17-20)11-7-22-18-29(34)26(30(35)19-22)14-9-21-8-13-25-24(16-21)12-15-27(32)31(25)36/h6,8,10,12-13,15-19H,2-5H2,1H3. The SMILES string of the molecule is CCCCCc1ccc(C#Cc2cc(F)c(C#Cc3ccc4c(F)c(F)ccc4c3)c(F)c2)c(F)c1. The van der Waals surface area contributed by atoms with Crippen molar-refractivity contribution in [2.24, 2.45) is 0 Å². The molecule has 0 fully saturated rings. The largest absolute Gasteiger partial charge is 0.206 e. The summed E-state index contributed by atoms with van der Waals surface area (Å²) in [5, 5.41) is 0.497. The van der Waals surface area contributed by atoms with E-state index in [1.807, 2.05) is 0 Å². The number of hydrogen-bond acceptors (Lipinski definition) is 0. The molecule has 4 aromatic carbocycles. The molecular formula is C31H21F5. The van der Waals surface area contributed by atoms with Gasteiger partial charge in [0, 0.05) is 16.5 Å². The zero-order valence-corrected chi connectivity index (χ0v) is 19.5. The highest BCUT2D eigenvalue weighted by Crippen LogP contribution is 2.22. The summed E-state index contributed by atoms with van der Waals surface area (Å²) in [4.78, 5) is 0. The van der Waals surface area contributed by atoms with Gasteiger partial charge in [-0.25, -0.2) is 22.0 Å². The molecule has 5 heteroatoms. The molecule has 0 aliphatic carbocycles. The van der Waals surface area contributed by atoms with E-state index in [2.05, 4.69) is 30.6 Å². The predicted octanol–water partition coefficient (Wildman–Crippen LogP) is 8.07. The van der Waals surface area contributed by atoms with Crippen molar-refractivity contribution in [2.75, 3.05) is 0 Å². The van der Waals surface area contributed by atoms with Crippen molar-refractivity contribution >= 4 is 10.8 Å². The van der Waals surface area contributed by atoms with Crippen LogP contribution in [0, 0.1) is 52.8 Å². The third-order valence-electron chi connectivity index (χ3n) is 5.72. The first-order valence-corrected chi connectivity index (χ1v) is 11.5. The molecule has 0 saturated carbocycles. The highest BCUT2D eigenvalue weighted by molar-refractivity contribution is 5.84. The van der Waals surface area contributed by atoms with Gasteiger partial charge in [0.2, 0.25) is 0 Å². The Labute approximate surface area is 206 Å². The topological polar surface area (TPSA) is 0 Å². The lowest BCUT2D eigenvalue weighted by molar-refractivity contribution is 0.517. The Hall–Kier alpha value is -4.09. The number of aryl methyl sites for hydroxylation is 1. The number of fused-ring (bicyclic) bond motifs is 1. The summed E-state index contributed by atoms with van der Waals surface area (Å²) >= 11 is 0. The average molecular weight is 488 g/mol. The first kappa shape index (κ1) is 25.0. The molecule has 0 amide bonds. The molecule has 0 heterocycles. The van der Waals surface area contributed by atoms with Gasteiger partial charge < -0.3 is 0 Å². The number of unbranched alkanes of at least 4 members (excludes halogenated alkanes) is 2. The van der Waals surface area contributed by atoms with Gasteiger partial charge in [-0.3, -0.25) is 0 Å². The molecule has 0 atom stereocenters. The van der Waals surface area contributed by atoms with Crippen LogP contribution in [-0.2, 0) is 6.42 Å². The summed E-state index contributed by atoms with van der Waals surface area (Å²) in [6.45, 7) is 2.10. The van der Waals surface area contributed by atoms with Gasteiger partial charge in [-0.05, 0) is 66.3 Å². The Morgan fingerprint density at radius 2 is 1.36 bits per heavy atom. The molecule has 0 spiro atoms. The fraction of sp³-hybridized carbons (Fsp3) is 0.161. The van der Waals surface area contributed by atoms with Crippen LogP contribution < -0.4 is 0 Å². The maximum absolute atomic E-state index is 14.6. The molecule has 0 aliphatic heterocycles. The maximum atomic E-state index is 14.6. The lowest BCUT2D eigenvalue weighted by atomic mass is 10.0. The minimum absolute atomic E-state index is 0.0465. The molecular weight excluding hydrogens is 467 g/mol. The van der Waals surface area contributed by atoms with E-state index in [4.69, 9.17) is 0 Å². The summed E-state index contributed by atoms with van der Waals surface area (Å²) in [7, 11) is 0. The molecule has 4 aromatic rings. The third-order valence-corrected chi connectivity index (χ3v) is 5.72. The Kier molecular flexibility index (Phi) is 7.71. The van der Waals surface area contributed by atoms with E-state index in [0.29, 0.717) is 10.9 Å². The first-order valence-electron chi connectivity index (χ1n) is 11.5. The predicted molar refractivity (Wildman–Crippen MR) is 132 cm³/mol. The first-order chi connectivity index (χ1) is 17.4. The van der Waals surface area contributed by atoms with Crippen molar-refractivity contribution in [1.29, 1.82) is 0 Å². The lowest BCUT2D eigenvalue weighted by Gasteiger charge is -2.02. The molecule has 0 N–H and O–H groups in total. The van der Waals surface area contributed by atoms with Gasteiger partial charge in [-0.1, -0.05) is 61.6 Å². The molecule has 0 radical (unpaired) electrons. The Morgan fingerprint density at radius 1 is 0.611 bits per heavy atom. The zero-order chi connectivity index (χ0) is 25.7. The molecule has 180 valence electrons. The monoisotopic (exact) mass is 488 g/mol. The molecule has 36 heavy (non-hydrogen) atoms. The van der Waals surface area contributed by atoms with E-state index < -0.39 is 34.6 Å². The van der Waals surface area contributed by atoms with Crippen molar-refractivity contribution in [1.82, 2.24) is 0 Å². The second-order valence-corrected chi connectivity index (χ2v) is 8.38. The molecule has 0 bridgehead atoms. The third kappa shape index (κ3) is 5.75. The normalized spacial score (nSPS) is 10.5. The van der Waals surface area contributed by atoms with E-state index in [0.717, 1.165) is 49.4 Å². The zero-order valence-electron chi connectivity index (χ0n) is 19.5. The van der Waals surface area contributed by atoms with E-state index in [1.54, 1.807) is 12.1 Å². The van der Waals surface area contributed by atoms with E-state index in [-0.39, 0.29) is 16.5 Å². The lowest BCUT2D eigenvalue weighted by Crippen LogP contribution is -1.93. The quantitative estimate of drug-likeness (QED) is 0.155. The fourth-order valence-electron chi connectivity index (χ4n) is 3.78. The Balaban J connectivity index is 1.55. The van der Waals surface area contributed by atoms with Gasteiger partial charge in [0.25, 0.3) is 0 Å². The minimum atomic E-state index is -0.969. The molecule has 0 aromatic heterocycles. The average Bonchev–Trinajstić information content (AvgIpc) is 2.85. The fourth-order valence-corrected chi connectivity index (χ4v) is 3.78. The van der Waals surface area contributed by atoms with E-state index >= 15 is 0 Å². The van der Waals surface area contributed by atoms with Gasteiger partial charge >= 0.3 is 0 Å². The van der Waals surface area contributed by atoms with Gasteiger partial charge in [0.1, 0.15) is 17.5 Å². The molecule has 0 nitrogen and oxygen atoms in total. The van der Waals surface area contributed by atoms with Crippen LogP contribution in [0.1, 0.15) is 54.0 Å². The van der Waals surface area contributed by atoms with Crippen molar-refractivity contribution in [3.8, 4) is 23.7 Å². The number of rotatable bonds is 4. The van der Waals surface area contributed by atoms with Crippen LogP contribution in [0.5, 0.6) is 0 Å². The molecule has 0 saturated heterocycles. The van der Waals surface area contributed by atoms with Crippen LogP contribution in [0.15, 0.2) is 60.7 Å². The minimum Gasteiger partial charge on any atom is -0.206 e. The molecule has 0 aliphatic rings. The Morgan fingerprint density at radius 3 is 2.08 bits per heavy atom. The molecule has 0 unspecified atom stereocenters. The van der Waals surface area contributed by atoms with Gasteiger partial charge in [-0.2, -0.15) is 0 Å². The summed E-state index contributed by atoms with van der Waals surface area (Å²) in [5.74, 6) is 6.10. The van der Waals surface area contributed by atoms with Gasteiger partial charge in [-0.15, -0.1) is 0 Å². The van der Waals surface area contributed by atoms with Crippen LogP contribution in [0.3, 0.4) is 0 Å². The highest BCUT2D eigenvalue weighted by Gasteiger charge is 2.10. The summed E-state index contributed by atoms with van der Waals surface area (Å²) in [6, 6.07) is 13.6. The summed E-state index contributed by atoms with van der Waals surface area (Å²) in [6.07, 6.45) is 3.92. The van der Waals surface area contributed by atoms with Crippen molar-refractivity contribution in [3.05, 3.63) is 118 Å². The van der Waals surface area contributed by atoms with Crippen LogP contribution in [0.25, 0.3) is 10.8 Å². The maximum Gasteiger partial charge on any atom is 0.166 e. The van der Waals surface area contributed by atoms with Crippen molar-refractivity contribution < 1.29 is 22.0 Å². The number of benzene rings is 4.